The largest absolute Gasteiger partial charge is 0.481 e. The number of hydrogen-bond acceptors (Lipinski definition) is 5. The highest BCUT2D eigenvalue weighted by Crippen LogP contribution is 2.06. The van der Waals surface area contributed by atoms with Gasteiger partial charge in [0.25, 0.3) is 0 Å². The number of aliphatic carboxylic acids is 2. The second-order valence-electron chi connectivity index (χ2n) is 5.11. The van der Waals surface area contributed by atoms with Gasteiger partial charge in [0, 0.05) is 19.5 Å². The molecule has 0 spiro atoms. The minimum atomic E-state index is -1.04. The predicted octanol–water partition coefficient (Wildman–Crippen LogP) is 0.267. The molecule has 8 heteroatoms. The average Bonchev–Trinajstić information content (AvgIpc) is 2.45. The molecule has 0 saturated carbocycles. The van der Waals surface area contributed by atoms with Crippen LogP contribution in [0, 0.1) is 0 Å². The summed E-state index contributed by atoms with van der Waals surface area (Å²) in [7, 11) is 0. The summed E-state index contributed by atoms with van der Waals surface area (Å²) in [5, 5.41) is 22.9. The average molecular weight is 317 g/mol. The zero-order valence-electron chi connectivity index (χ0n) is 12.8. The number of carboxylic acid groups (broad SMARTS) is 2. The van der Waals surface area contributed by atoms with Gasteiger partial charge < -0.3 is 26.6 Å². The molecule has 1 amide bonds. The molecule has 1 unspecified atom stereocenters. The van der Waals surface area contributed by atoms with Gasteiger partial charge in [-0.2, -0.15) is 0 Å². The van der Waals surface area contributed by atoms with Gasteiger partial charge in [-0.15, -0.1) is 0 Å². The summed E-state index contributed by atoms with van der Waals surface area (Å²) < 4.78 is 0. The van der Waals surface area contributed by atoms with Crippen molar-refractivity contribution in [2.75, 3.05) is 13.2 Å². The summed E-state index contributed by atoms with van der Waals surface area (Å²) in [6, 6.07) is -0.876. The van der Waals surface area contributed by atoms with Gasteiger partial charge in [-0.1, -0.05) is 12.8 Å². The predicted molar refractivity (Wildman–Crippen MR) is 81.2 cm³/mol. The summed E-state index contributed by atoms with van der Waals surface area (Å²) in [4.78, 5) is 33.1. The zero-order valence-corrected chi connectivity index (χ0v) is 12.8. The lowest BCUT2D eigenvalue weighted by Crippen LogP contribution is -2.41. The van der Waals surface area contributed by atoms with Crippen molar-refractivity contribution in [1.29, 1.82) is 0 Å². The molecule has 22 heavy (non-hydrogen) atoms. The SMILES string of the molecule is NCNCCCC(NC(=O)CCCCCCC(=O)O)C(=O)O. The van der Waals surface area contributed by atoms with Gasteiger partial charge in [0.05, 0.1) is 0 Å². The minimum absolute atomic E-state index is 0.143. The van der Waals surface area contributed by atoms with Crippen LogP contribution in [-0.4, -0.2) is 47.3 Å². The fraction of sp³-hybridized carbons (Fsp3) is 0.786. The van der Waals surface area contributed by atoms with Crippen LogP contribution in [0.5, 0.6) is 0 Å². The molecule has 0 fully saturated rings. The van der Waals surface area contributed by atoms with E-state index in [2.05, 4.69) is 10.6 Å². The van der Waals surface area contributed by atoms with Crippen LogP contribution < -0.4 is 16.4 Å². The Morgan fingerprint density at radius 1 is 0.955 bits per heavy atom. The van der Waals surface area contributed by atoms with Crippen LogP contribution in [0.2, 0.25) is 0 Å². The molecular weight excluding hydrogens is 290 g/mol. The number of nitrogens with two attached hydrogens (primary N) is 1. The highest BCUT2D eigenvalue weighted by molar-refractivity contribution is 5.83. The van der Waals surface area contributed by atoms with E-state index in [1.165, 1.54) is 0 Å². The Kier molecular flexibility index (Phi) is 12.0. The Bertz CT molecular complexity index is 349. The lowest BCUT2D eigenvalue weighted by atomic mass is 10.1. The van der Waals surface area contributed by atoms with Crippen LogP contribution in [0.3, 0.4) is 0 Å². The maximum atomic E-state index is 11.7. The monoisotopic (exact) mass is 317 g/mol. The maximum Gasteiger partial charge on any atom is 0.326 e. The molecule has 0 saturated heterocycles. The number of rotatable bonds is 14. The van der Waals surface area contributed by atoms with Crippen LogP contribution in [0.15, 0.2) is 0 Å². The van der Waals surface area contributed by atoms with E-state index in [-0.39, 0.29) is 18.7 Å². The molecule has 0 aromatic heterocycles. The van der Waals surface area contributed by atoms with Crippen molar-refractivity contribution in [3.63, 3.8) is 0 Å². The third-order valence-electron chi connectivity index (χ3n) is 3.17. The number of carbonyl (C=O) groups excluding carboxylic acids is 1. The highest BCUT2D eigenvalue weighted by Gasteiger charge is 2.18. The Morgan fingerprint density at radius 3 is 2.14 bits per heavy atom. The number of carboxylic acids is 2. The highest BCUT2D eigenvalue weighted by atomic mass is 16.4. The van der Waals surface area contributed by atoms with Crippen LogP contribution in [-0.2, 0) is 14.4 Å². The number of nitrogens with one attached hydrogen (secondary N) is 2. The molecule has 0 rings (SSSR count). The van der Waals surface area contributed by atoms with Crippen LogP contribution in [0.1, 0.15) is 51.4 Å². The lowest BCUT2D eigenvalue weighted by Gasteiger charge is -2.14. The van der Waals surface area contributed by atoms with Gasteiger partial charge in [0.1, 0.15) is 6.04 Å². The topological polar surface area (TPSA) is 142 Å². The lowest BCUT2D eigenvalue weighted by molar-refractivity contribution is -0.142. The van der Waals surface area contributed by atoms with Crippen LogP contribution in [0.4, 0.5) is 0 Å². The quantitative estimate of drug-likeness (QED) is 0.228. The molecule has 0 bridgehead atoms. The Morgan fingerprint density at radius 2 is 1.59 bits per heavy atom. The van der Waals surface area contributed by atoms with E-state index in [0.29, 0.717) is 38.9 Å². The number of hydrogen-bond donors (Lipinski definition) is 5. The smallest absolute Gasteiger partial charge is 0.326 e. The van der Waals surface area contributed by atoms with E-state index in [4.69, 9.17) is 15.9 Å². The van der Waals surface area contributed by atoms with Crippen molar-refractivity contribution in [3.05, 3.63) is 0 Å². The van der Waals surface area contributed by atoms with Crippen molar-refractivity contribution in [3.8, 4) is 0 Å². The van der Waals surface area contributed by atoms with Crippen molar-refractivity contribution >= 4 is 17.8 Å². The number of amides is 1. The third-order valence-corrected chi connectivity index (χ3v) is 3.17. The van der Waals surface area contributed by atoms with Gasteiger partial charge in [-0.25, -0.2) is 4.79 Å². The number of unbranched alkanes of at least 4 members (excludes halogenated alkanes) is 3. The maximum absolute atomic E-state index is 11.7. The molecule has 1 atom stereocenters. The first-order chi connectivity index (χ1) is 10.5. The Balaban J connectivity index is 3.79. The normalized spacial score (nSPS) is 11.9. The van der Waals surface area contributed by atoms with E-state index in [9.17, 15) is 14.4 Å². The molecule has 8 nitrogen and oxygen atoms in total. The van der Waals surface area contributed by atoms with Crippen LogP contribution in [0.25, 0.3) is 0 Å². The molecule has 0 aliphatic carbocycles. The van der Waals surface area contributed by atoms with Crippen LogP contribution >= 0.6 is 0 Å². The molecule has 0 heterocycles. The van der Waals surface area contributed by atoms with Gasteiger partial charge in [-0.3, -0.25) is 9.59 Å². The van der Waals surface area contributed by atoms with Crippen molar-refractivity contribution in [2.24, 2.45) is 5.73 Å². The first kappa shape index (κ1) is 20.3. The first-order valence-electron chi connectivity index (χ1n) is 7.62. The Hall–Kier alpha value is -1.67. The Labute approximate surface area is 130 Å². The van der Waals surface area contributed by atoms with E-state index in [1.54, 1.807) is 0 Å². The number of carbonyl (C=O) groups is 3. The van der Waals surface area contributed by atoms with Crippen molar-refractivity contribution < 1.29 is 24.6 Å². The summed E-state index contributed by atoms with van der Waals surface area (Å²) in [5.41, 5.74) is 5.26. The van der Waals surface area contributed by atoms with Gasteiger partial charge >= 0.3 is 11.9 Å². The third kappa shape index (κ3) is 12.1. The van der Waals surface area contributed by atoms with E-state index in [0.717, 1.165) is 12.8 Å². The fourth-order valence-electron chi connectivity index (χ4n) is 1.97. The molecule has 0 radical (unpaired) electrons. The minimum Gasteiger partial charge on any atom is -0.481 e. The van der Waals surface area contributed by atoms with Gasteiger partial charge in [-0.05, 0) is 32.2 Å². The van der Waals surface area contributed by atoms with E-state index >= 15 is 0 Å². The molecule has 0 aliphatic rings. The van der Waals surface area contributed by atoms with E-state index in [1.807, 2.05) is 0 Å². The van der Waals surface area contributed by atoms with Crippen molar-refractivity contribution in [1.82, 2.24) is 10.6 Å². The van der Waals surface area contributed by atoms with Gasteiger partial charge in [0.2, 0.25) is 5.91 Å². The molecule has 0 aromatic carbocycles. The molecule has 6 N–H and O–H groups in total. The van der Waals surface area contributed by atoms with Crippen molar-refractivity contribution in [2.45, 2.75) is 57.4 Å². The molecule has 0 aromatic rings. The summed E-state index contributed by atoms with van der Waals surface area (Å²) in [6.45, 7) is 0.950. The van der Waals surface area contributed by atoms with Gasteiger partial charge in [0.15, 0.2) is 0 Å². The summed E-state index contributed by atoms with van der Waals surface area (Å²) in [5.74, 6) is -2.13. The second-order valence-corrected chi connectivity index (χ2v) is 5.11. The standard InChI is InChI=1S/C14H27N3O5/c15-10-16-9-5-6-11(14(21)22)17-12(18)7-3-1-2-4-8-13(19)20/h11,16H,1-10,15H2,(H,17,18)(H,19,20)(H,21,22). The molecule has 128 valence electrons. The van der Waals surface area contributed by atoms with E-state index < -0.39 is 18.0 Å². The molecular formula is C14H27N3O5. The summed E-state index contributed by atoms with van der Waals surface area (Å²) in [6.07, 6.45) is 4.12. The fourth-order valence-corrected chi connectivity index (χ4v) is 1.97. The molecule has 0 aliphatic heterocycles. The summed E-state index contributed by atoms with van der Waals surface area (Å²) >= 11 is 0. The zero-order chi connectivity index (χ0) is 16.8. The first-order valence-corrected chi connectivity index (χ1v) is 7.62. The second kappa shape index (κ2) is 13.0.